The van der Waals surface area contributed by atoms with E-state index >= 15 is 0 Å². The van der Waals surface area contributed by atoms with Crippen LogP contribution < -0.4 is 4.74 Å². The second-order valence-electron chi connectivity index (χ2n) is 8.91. The van der Waals surface area contributed by atoms with Gasteiger partial charge in [-0.1, -0.05) is 19.1 Å². The summed E-state index contributed by atoms with van der Waals surface area (Å²) in [6.45, 7) is 1.36. The molecule has 2 aromatic rings. The minimum atomic E-state index is -0.965. The number of methoxy groups -OCH3 is 1. The Bertz CT molecular complexity index is 1190. The van der Waals surface area contributed by atoms with E-state index in [2.05, 4.69) is 0 Å². The van der Waals surface area contributed by atoms with Crippen LogP contribution >= 0.6 is 0 Å². The van der Waals surface area contributed by atoms with Gasteiger partial charge in [0.15, 0.2) is 5.78 Å². The summed E-state index contributed by atoms with van der Waals surface area (Å²) in [5.41, 5.74) is -0.565. The van der Waals surface area contributed by atoms with Gasteiger partial charge in [-0.05, 0) is 55.5 Å². The lowest BCUT2D eigenvalue weighted by molar-refractivity contribution is -0.385. The number of fused-ring (bicyclic) bond motifs is 1. The molecule has 1 aliphatic heterocycles. The number of hydrazine groups is 1. The molecular weight excluding hydrogens is 454 g/mol. The number of hydrogen-bond acceptors (Lipinski definition) is 7. The van der Waals surface area contributed by atoms with Crippen LogP contribution in [0.15, 0.2) is 48.5 Å². The van der Waals surface area contributed by atoms with Gasteiger partial charge in [0.05, 0.1) is 23.9 Å². The van der Waals surface area contributed by atoms with Crippen LogP contribution in [0.3, 0.4) is 0 Å². The standard InChI is InChI=1S/C25H25N3O7/c1-15-7-12-18-20(13-15)25(32)27(24(18)31)26(14-22(29)16-8-10-17(35-2)11-9-16)23(30)19-5-3-4-6-21(19)28(33)34/h3-6,8-11,15,18,20H,7,12-14H2,1-2H3/t15-,18-,20-/m1/s1. The number of nitro benzene ring substituents is 1. The summed E-state index contributed by atoms with van der Waals surface area (Å²) >= 11 is 0. The molecule has 0 spiro atoms. The number of rotatable bonds is 7. The van der Waals surface area contributed by atoms with E-state index in [0.29, 0.717) is 18.6 Å². The highest BCUT2D eigenvalue weighted by Gasteiger charge is 2.53. The first-order chi connectivity index (χ1) is 16.7. The van der Waals surface area contributed by atoms with E-state index in [1.807, 2.05) is 6.92 Å². The maximum atomic E-state index is 13.6. The molecule has 1 heterocycles. The van der Waals surface area contributed by atoms with E-state index in [4.69, 9.17) is 4.74 Å². The number of hydrogen-bond donors (Lipinski definition) is 0. The second-order valence-corrected chi connectivity index (χ2v) is 8.91. The third kappa shape index (κ3) is 4.51. The Hall–Kier alpha value is -4.08. The molecule has 1 saturated carbocycles. The number of imide groups is 1. The molecule has 0 aromatic heterocycles. The van der Waals surface area contributed by atoms with E-state index < -0.39 is 52.5 Å². The minimum absolute atomic E-state index is 0.233. The summed E-state index contributed by atoms with van der Waals surface area (Å²) in [4.78, 5) is 64.2. The fraction of sp³-hybridized carbons (Fsp3) is 0.360. The number of ether oxygens (including phenoxy) is 1. The Kier molecular flexibility index (Phi) is 6.63. The highest BCUT2D eigenvalue weighted by atomic mass is 16.6. The molecule has 0 radical (unpaired) electrons. The summed E-state index contributed by atoms with van der Waals surface area (Å²) in [6.07, 6.45) is 1.79. The summed E-state index contributed by atoms with van der Waals surface area (Å²) < 4.78 is 5.10. The van der Waals surface area contributed by atoms with Gasteiger partial charge < -0.3 is 4.74 Å². The fourth-order valence-corrected chi connectivity index (χ4v) is 4.80. The van der Waals surface area contributed by atoms with Crippen LogP contribution in [0.4, 0.5) is 5.69 Å². The van der Waals surface area contributed by atoms with Gasteiger partial charge in [0, 0.05) is 11.6 Å². The molecule has 35 heavy (non-hydrogen) atoms. The molecule has 2 aliphatic rings. The van der Waals surface area contributed by atoms with Crippen LogP contribution in [0.25, 0.3) is 0 Å². The van der Waals surface area contributed by atoms with Crippen molar-refractivity contribution in [3.8, 4) is 5.75 Å². The average molecular weight is 479 g/mol. The van der Waals surface area contributed by atoms with Crippen molar-refractivity contribution in [3.63, 3.8) is 0 Å². The Morgan fingerprint density at radius 2 is 1.71 bits per heavy atom. The molecule has 10 nitrogen and oxygen atoms in total. The molecular formula is C25H25N3O7. The lowest BCUT2D eigenvalue weighted by Crippen LogP contribution is -2.52. The predicted molar refractivity (Wildman–Crippen MR) is 123 cm³/mol. The van der Waals surface area contributed by atoms with Gasteiger partial charge in [-0.2, -0.15) is 5.01 Å². The van der Waals surface area contributed by atoms with Gasteiger partial charge in [0.2, 0.25) is 0 Å². The molecule has 3 atom stereocenters. The molecule has 3 amide bonds. The van der Waals surface area contributed by atoms with Crippen molar-refractivity contribution in [2.45, 2.75) is 26.2 Å². The first-order valence-electron chi connectivity index (χ1n) is 11.3. The summed E-state index contributed by atoms with van der Waals surface area (Å²) in [7, 11) is 1.48. The lowest BCUT2D eigenvalue weighted by Gasteiger charge is -2.30. The average Bonchev–Trinajstić information content (AvgIpc) is 3.10. The van der Waals surface area contributed by atoms with Crippen molar-refractivity contribution < 1.29 is 28.8 Å². The van der Waals surface area contributed by atoms with Crippen molar-refractivity contribution in [2.75, 3.05) is 13.7 Å². The zero-order valence-corrected chi connectivity index (χ0v) is 19.4. The van der Waals surface area contributed by atoms with Gasteiger partial charge in [0.1, 0.15) is 17.9 Å². The van der Waals surface area contributed by atoms with Gasteiger partial charge >= 0.3 is 0 Å². The first-order valence-corrected chi connectivity index (χ1v) is 11.3. The first kappa shape index (κ1) is 24.1. The highest BCUT2D eigenvalue weighted by Crippen LogP contribution is 2.41. The van der Waals surface area contributed by atoms with Crippen LogP contribution in [-0.4, -0.2) is 52.1 Å². The molecule has 4 rings (SSSR count). The number of amides is 3. The number of benzene rings is 2. The largest absolute Gasteiger partial charge is 0.497 e. The minimum Gasteiger partial charge on any atom is -0.497 e. The number of nitrogens with zero attached hydrogens (tertiary/aromatic N) is 3. The Labute approximate surface area is 201 Å². The van der Waals surface area contributed by atoms with Crippen molar-refractivity contribution >= 4 is 29.2 Å². The molecule has 2 aromatic carbocycles. The summed E-state index contributed by atoms with van der Waals surface area (Å²) in [6, 6.07) is 11.4. The summed E-state index contributed by atoms with van der Waals surface area (Å²) in [5.74, 6) is -3.00. The molecule has 2 fully saturated rings. The SMILES string of the molecule is COc1ccc(C(=O)CN(C(=O)c2ccccc2[N+](=O)[O-])N2C(=O)[C@@H]3CC[C@@H](C)C[C@H]3C2=O)cc1. The van der Waals surface area contributed by atoms with E-state index in [0.717, 1.165) is 22.5 Å². The highest BCUT2D eigenvalue weighted by molar-refractivity contribution is 6.10. The Balaban J connectivity index is 1.73. The van der Waals surface area contributed by atoms with Gasteiger partial charge in [-0.15, -0.1) is 0 Å². The molecule has 10 heteroatoms. The summed E-state index contributed by atoms with van der Waals surface area (Å²) in [5, 5.41) is 13.1. The lowest BCUT2D eigenvalue weighted by atomic mass is 9.76. The van der Waals surface area contributed by atoms with E-state index in [9.17, 15) is 29.3 Å². The molecule has 1 saturated heterocycles. The smallest absolute Gasteiger partial charge is 0.282 e. The van der Waals surface area contributed by atoms with Crippen LogP contribution in [0.1, 0.15) is 46.9 Å². The number of para-hydroxylation sites is 1. The fourth-order valence-electron chi connectivity index (χ4n) is 4.80. The topological polar surface area (TPSA) is 127 Å². The normalized spacial score (nSPS) is 21.4. The number of carbonyl (C=O) groups is 4. The number of carbonyl (C=O) groups excluding carboxylic acids is 4. The zero-order valence-electron chi connectivity index (χ0n) is 19.4. The zero-order chi connectivity index (χ0) is 25.3. The molecule has 0 N–H and O–H groups in total. The number of ketones is 1. The Morgan fingerprint density at radius 1 is 1.06 bits per heavy atom. The maximum Gasteiger partial charge on any atom is 0.282 e. The maximum absolute atomic E-state index is 13.6. The number of Topliss-reactive ketones (excluding diaryl/α,β-unsaturated/α-hetero) is 1. The van der Waals surface area contributed by atoms with Gasteiger partial charge in [-0.25, -0.2) is 5.01 Å². The van der Waals surface area contributed by atoms with Crippen LogP contribution in [0.5, 0.6) is 5.75 Å². The predicted octanol–water partition coefficient (Wildman–Crippen LogP) is 3.26. The van der Waals surface area contributed by atoms with Crippen LogP contribution in [-0.2, 0) is 9.59 Å². The molecule has 0 unspecified atom stereocenters. The van der Waals surface area contributed by atoms with E-state index in [1.165, 1.54) is 37.4 Å². The second kappa shape index (κ2) is 9.65. The quantitative estimate of drug-likeness (QED) is 0.258. The van der Waals surface area contributed by atoms with Crippen molar-refractivity contribution in [3.05, 3.63) is 69.8 Å². The third-order valence-corrected chi connectivity index (χ3v) is 6.68. The van der Waals surface area contributed by atoms with Crippen LogP contribution in [0, 0.1) is 27.9 Å². The van der Waals surface area contributed by atoms with Crippen LogP contribution in [0.2, 0.25) is 0 Å². The molecule has 1 aliphatic carbocycles. The van der Waals surface area contributed by atoms with Crippen molar-refractivity contribution in [2.24, 2.45) is 17.8 Å². The third-order valence-electron chi connectivity index (χ3n) is 6.68. The Morgan fingerprint density at radius 3 is 2.37 bits per heavy atom. The number of nitro groups is 1. The van der Waals surface area contributed by atoms with E-state index in [1.54, 1.807) is 12.1 Å². The monoisotopic (exact) mass is 479 g/mol. The molecule has 0 bridgehead atoms. The van der Waals surface area contributed by atoms with Gasteiger partial charge in [0.25, 0.3) is 23.4 Å². The van der Waals surface area contributed by atoms with Crippen molar-refractivity contribution in [1.29, 1.82) is 0 Å². The van der Waals surface area contributed by atoms with Gasteiger partial charge in [-0.3, -0.25) is 29.3 Å². The van der Waals surface area contributed by atoms with E-state index in [-0.39, 0.29) is 17.0 Å². The molecule has 182 valence electrons. The van der Waals surface area contributed by atoms with Crippen molar-refractivity contribution in [1.82, 2.24) is 10.0 Å².